The van der Waals surface area contributed by atoms with Crippen LogP contribution in [0.4, 0.5) is 15.8 Å². The molecule has 0 radical (unpaired) electrons. The molecular formula is C23H26FN5O2S. The summed E-state index contributed by atoms with van der Waals surface area (Å²) in [7, 11) is 1.80. The summed E-state index contributed by atoms with van der Waals surface area (Å²) in [4.78, 5) is 24.4. The van der Waals surface area contributed by atoms with Gasteiger partial charge in [-0.1, -0.05) is 37.7 Å². The first kappa shape index (κ1) is 23.5. The maximum Gasteiger partial charge on any atom is 0.234 e. The number of aromatic nitrogens is 3. The minimum absolute atomic E-state index is 0.129. The molecule has 168 valence electrons. The van der Waals surface area contributed by atoms with E-state index in [0.29, 0.717) is 29.0 Å². The molecule has 0 aliphatic rings. The van der Waals surface area contributed by atoms with Crippen LogP contribution in [0.2, 0.25) is 0 Å². The average molecular weight is 456 g/mol. The summed E-state index contributed by atoms with van der Waals surface area (Å²) in [5.41, 5.74) is 2.51. The van der Waals surface area contributed by atoms with Gasteiger partial charge in [0.2, 0.25) is 11.8 Å². The largest absolute Gasteiger partial charge is 0.326 e. The number of thioether (sulfide) groups is 1. The molecule has 0 saturated carbocycles. The number of carbonyl (C=O) groups is 2. The van der Waals surface area contributed by atoms with Gasteiger partial charge in [0, 0.05) is 31.3 Å². The second kappa shape index (κ2) is 10.9. The summed E-state index contributed by atoms with van der Waals surface area (Å²) in [5.74, 6) is 0.598. The van der Waals surface area contributed by atoms with Crippen LogP contribution in [0.15, 0.2) is 53.7 Å². The number of carbonyl (C=O) groups excluding carboxylic acids is 2. The summed E-state index contributed by atoms with van der Waals surface area (Å²) in [6, 6.07) is 13.4. The normalized spacial score (nSPS) is 10.9. The lowest BCUT2D eigenvalue weighted by atomic mass is 10.0. The highest BCUT2D eigenvalue weighted by atomic mass is 32.2. The van der Waals surface area contributed by atoms with Gasteiger partial charge in [-0.2, -0.15) is 0 Å². The number of halogens is 1. The van der Waals surface area contributed by atoms with Gasteiger partial charge in [-0.05, 0) is 47.9 Å². The van der Waals surface area contributed by atoms with Gasteiger partial charge in [-0.15, -0.1) is 10.2 Å². The summed E-state index contributed by atoms with van der Waals surface area (Å²) in [6.07, 6.45) is 0.604. The maximum absolute atomic E-state index is 12.9. The molecule has 3 aromatic rings. The number of rotatable bonds is 9. The van der Waals surface area contributed by atoms with E-state index in [9.17, 15) is 14.0 Å². The Balaban J connectivity index is 1.46. The smallest absolute Gasteiger partial charge is 0.234 e. The molecule has 0 atom stereocenters. The van der Waals surface area contributed by atoms with Crippen LogP contribution in [0.3, 0.4) is 0 Å². The van der Waals surface area contributed by atoms with Crippen LogP contribution in [0.25, 0.3) is 0 Å². The van der Waals surface area contributed by atoms with Crippen molar-refractivity contribution in [2.24, 2.45) is 7.05 Å². The Morgan fingerprint density at radius 3 is 2.19 bits per heavy atom. The van der Waals surface area contributed by atoms with Crippen LogP contribution in [0.5, 0.6) is 0 Å². The second-order valence-corrected chi connectivity index (χ2v) is 8.57. The Labute approximate surface area is 190 Å². The standard InChI is InChI=1S/C23H26FN5O2S/c1-15(2)16-4-8-18(9-5-16)26-22(31)14-32-23-28-27-20(29(23)3)12-13-21(30)25-19-10-6-17(24)7-11-19/h4-11,15H,12-14H2,1-3H3,(H,25,30)(H,26,31). The fourth-order valence-electron chi connectivity index (χ4n) is 2.95. The fraction of sp³-hybridized carbons (Fsp3) is 0.304. The number of nitrogens with one attached hydrogen (secondary N) is 2. The van der Waals surface area contributed by atoms with E-state index in [2.05, 4.69) is 34.7 Å². The highest BCUT2D eigenvalue weighted by Gasteiger charge is 2.13. The Morgan fingerprint density at radius 2 is 1.56 bits per heavy atom. The quantitative estimate of drug-likeness (QED) is 0.468. The molecule has 1 heterocycles. The van der Waals surface area contributed by atoms with E-state index in [4.69, 9.17) is 0 Å². The molecule has 2 amide bonds. The van der Waals surface area contributed by atoms with Gasteiger partial charge >= 0.3 is 0 Å². The maximum atomic E-state index is 12.9. The van der Waals surface area contributed by atoms with Crippen molar-refractivity contribution in [3.63, 3.8) is 0 Å². The molecule has 0 aliphatic carbocycles. The lowest BCUT2D eigenvalue weighted by molar-refractivity contribution is -0.116. The topological polar surface area (TPSA) is 88.9 Å². The Bertz CT molecular complexity index is 1060. The van der Waals surface area contributed by atoms with E-state index >= 15 is 0 Å². The highest BCUT2D eigenvalue weighted by Crippen LogP contribution is 2.19. The van der Waals surface area contributed by atoms with E-state index in [1.165, 1.54) is 41.6 Å². The Hall–Kier alpha value is -3.20. The molecule has 0 spiro atoms. The van der Waals surface area contributed by atoms with E-state index in [1.54, 1.807) is 11.6 Å². The third kappa shape index (κ3) is 6.65. The van der Waals surface area contributed by atoms with Crippen LogP contribution < -0.4 is 10.6 Å². The lowest BCUT2D eigenvalue weighted by Gasteiger charge is -2.08. The highest BCUT2D eigenvalue weighted by molar-refractivity contribution is 7.99. The zero-order chi connectivity index (χ0) is 23.1. The zero-order valence-corrected chi connectivity index (χ0v) is 19.1. The number of benzene rings is 2. The molecule has 1 aromatic heterocycles. The first-order chi connectivity index (χ1) is 15.3. The summed E-state index contributed by atoms with van der Waals surface area (Å²) < 4.78 is 14.7. The van der Waals surface area contributed by atoms with Crippen LogP contribution >= 0.6 is 11.8 Å². The third-order valence-electron chi connectivity index (χ3n) is 4.82. The van der Waals surface area contributed by atoms with Gasteiger partial charge in [-0.25, -0.2) is 4.39 Å². The minimum atomic E-state index is -0.357. The van der Waals surface area contributed by atoms with Crippen molar-refractivity contribution in [3.05, 3.63) is 65.7 Å². The molecule has 0 saturated heterocycles. The SMILES string of the molecule is CC(C)c1ccc(NC(=O)CSc2nnc(CCC(=O)Nc3ccc(F)cc3)n2C)cc1. The fourth-order valence-corrected chi connectivity index (χ4v) is 3.68. The number of anilines is 2. The monoisotopic (exact) mass is 455 g/mol. The number of hydrogen-bond donors (Lipinski definition) is 2. The molecule has 3 rings (SSSR count). The van der Waals surface area contributed by atoms with Gasteiger partial charge in [0.05, 0.1) is 5.75 Å². The van der Waals surface area contributed by atoms with E-state index in [1.807, 2.05) is 24.3 Å². The van der Waals surface area contributed by atoms with Crippen molar-refractivity contribution >= 4 is 35.0 Å². The van der Waals surface area contributed by atoms with Gasteiger partial charge in [-0.3, -0.25) is 9.59 Å². The van der Waals surface area contributed by atoms with E-state index < -0.39 is 0 Å². The van der Waals surface area contributed by atoms with Gasteiger partial charge in [0.25, 0.3) is 0 Å². The summed E-state index contributed by atoms with van der Waals surface area (Å²) >= 11 is 1.28. The predicted molar refractivity (Wildman–Crippen MR) is 124 cm³/mol. The van der Waals surface area contributed by atoms with Crippen molar-refractivity contribution in [3.8, 4) is 0 Å². The van der Waals surface area contributed by atoms with Crippen LogP contribution in [-0.2, 0) is 23.1 Å². The van der Waals surface area contributed by atoms with Crippen molar-refractivity contribution in [1.29, 1.82) is 0 Å². The summed E-state index contributed by atoms with van der Waals surface area (Å²) in [5, 5.41) is 14.4. The van der Waals surface area contributed by atoms with Crippen molar-refractivity contribution in [1.82, 2.24) is 14.8 Å². The lowest BCUT2D eigenvalue weighted by Crippen LogP contribution is -2.15. The van der Waals surface area contributed by atoms with Crippen molar-refractivity contribution < 1.29 is 14.0 Å². The zero-order valence-electron chi connectivity index (χ0n) is 18.3. The van der Waals surface area contributed by atoms with Crippen molar-refractivity contribution in [2.75, 3.05) is 16.4 Å². The third-order valence-corrected chi connectivity index (χ3v) is 5.84. The van der Waals surface area contributed by atoms with E-state index in [0.717, 1.165) is 5.69 Å². The van der Waals surface area contributed by atoms with Crippen molar-refractivity contribution in [2.45, 2.75) is 37.8 Å². The van der Waals surface area contributed by atoms with Crippen LogP contribution in [0, 0.1) is 5.82 Å². The molecule has 0 fully saturated rings. The molecule has 0 bridgehead atoms. The minimum Gasteiger partial charge on any atom is -0.326 e. The Morgan fingerprint density at radius 1 is 0.969 bits per heavy atom. The molecule has 9 heteroatoms. The molecule has 7 nitrogen and oxygen atoms in total. The molecule has 32 heavy (non-hydrogen) atoms. The summed E-state index contributed by atoms with van der Waals surface area (Å²) in [6.45, 7) is 4.24. The van der Waals surface area contributed by atoms with Gasteiger partial charge in [0.1, 0.15) is 11.6 Å². The first-order valence-corrected chi connectivity index (χ1v) is 11.3. The second-order valence-electron chi connectivity index (χ2n) is 7.63. The van der Waals surface area contributed by atoms with Gasteiger partial charge < -0.3 is 15.2 Å². The van der Waals surface area contributed by atoms with Gasteiger partial charge in [0.15, 0.2) is 5.16 Å². The molecule has 0 unspecified atom stereocenters. The van der Waals surface area contributed by atoms with Crippen LogP contribution in [0.1, 0.15) is 37.6 Å². The number of aryl methyl sites for hydroxylation is 1. The number of hydrogen-bond acceptors (Lipinski definition) is 5. The first-order valence-electron chi connectivity index (χ1n) is 10.3. The van der Waals surface area contributed by atoms with Crippen LogP contribution in [-0.4, -0.2) is 32.3 Å². The number of amides is 2. The van der Waals surface area contributed by atoms with E-state index in [-0.39, 0.29) is 29.8 Å². The Kier molecular flexibility index (Phi) is 7.99. The molecule has 2 N–H and O–H groups in total. The number of nitrogens with zero attached hydrogens (tertiary/aromatic N) is 3. The molecular weight excluding hydrogens is 429 g/mol. The molecule has 2 aromatic carbocycles. The predicted octanol–water partition coefficient (Wildman–Crippen LogP) is 4.38. The average Bonchev–Trinajstić information content (AvgIpc) is 3.12. The molecule has 0 aliphatic heterocycles.